The molecule has 2 heterocycles. The number of aromatic nitrogens is 3. The fourth-order valence-electron chi connectivity index (χ4n) is 1.93. The van der Waals surface area contributed by atoms with Crippen LogP contribution in [0.2, 0.25) is 0 Å². The average molecular weight is 243 g/mol. The van der Waals surface area contributed by atoms with Crippen LogP contribution in [0.1, 0.15) is 28.2 Å². The number of H-pyrrole nitrogens is 1. The molecule has 2 rings (SSSR count). The third-order valence-electron chi connectivity index (χ3n) is 3.32. The van der Waals surface area contributed by atoms with Gasteiger partial charge >= 0.3 is 0 Å². The van der Waals surface area contributed by atoms with Crippen LogP contribution in [0, 0.1) is 25.2 Å². The van der Waals surface area contributed by atoms with Crippen molar-refractivity contribution >= 4 is 0 Å². The van der Waals surface area contributed by atoms with Crippen molar-refractivity contribution in [1.82, 2.24) is 20.1 Å². The summed E-state index contributed by atoms with van der Waals surface area (Å²) in [7, 11) is 1.91. The van der Waals surface area contributed by atoms with Gasteiger partial charge in [0.2, 0.25) is 0 Å². The lowest BCUT2D eigenvalue weighted by atomic mass is 10.2. The van der Waals surface area contributed by atoms with Gasteiger partial charge in [0, 0.05) is 37.1 Å². The van der Waals surface area contributed by atoms with E-state index in [-0.39, 0.29) is 0 Å². The molecule has 2 aromatic rings. The van der Waals surface area contributed by atoms with Crippen molar-refractivity contribution in [2.24, 2.45) is 7.05 Å². The van der Waals surface area contributed by atoms with E-state index in [1.54, 1.807) is 0 Å². The molecule has 0 atom stereocenters. The van der Waals surface area contributed by atoms with Crippen molar-refractivity contribution in [3.05, 3.63) is 40.5 Å². The highest BCUT2D eigenvalue weighted by atomic mass is 15.1. The lowest BCUT2D eigenvalue weighted by molar-refractivity contribution is 0.685. The second-order valence-electron chi connectivity index (χ2n) is 4.43. The normalized spacial score (nSPS) is 10.6. The highest BCUT2D eigenvalue weighted by molar-refractivity contribution is 5.34. The van der Waals surface area contributed by atoms with E-state index in [4.69, 9.17) is 5.26 Å². The fourth-order valence-corrected chi connectivity index (χ4v) is 1.93. The third-order valence-corrected chi connectivity index (χ3v) is 3.32. The quantitative estimate of drug-likeness (QED) is 0.855. The predicted octanol–water partition coefficient (Wildman–Crippen LogP) is 1.53. The zero-order valence-electron chi connectivity index (χ0n) is 10.9. The van der Waals surface area contributed by atoms with Crippen LogP contribution in [0.4, 0.5) is 0 Å². The first-order chi connectivity index (χ1) is 8.63. The Kier molecular flexibility index (Phi) is 3.49. The highest BCUT2D eigenvalue weighted by Gasteiger charge is 2.08. The zero-order valence-corrected chi connectivity index (χ0v) is 10.9. The average Bonchev–Trinajstić information content (AvgIpc) is 2.88. The minimum Gasteiger partial charge on any atom is -0.340 e. The van der Waals surface area contributed by atoms with Crippen LogP contribution in [0.25, 0.3) is 0 Å². The monoisotopic (exact) mass is 243 g/mol. The van der Waals surface area contributed by atoms with Gasteiger partial charge in [-0.3, -0.25) is 5.10 Å². The van der Waals surface area contributed by atoms with Gasteiger partial charge in [-0.1, -0.05) is 0 Å². The summed E-state index contributed by atoms with van der Waals surface area (Å²) in [6, 6.07) is 4.12. The third kappa shape index (κ3) is 2.29. The van der Waals surface area contributed by atoms with E-state index >= 15 is 0 Å². The first kappa shape index (κ1) is 12.4. The second kappa shape index (κ2) is 5.07. The molecular formula is C13H17N5. The Morgan fingerprint density at radius 1 is 1.39 bits per heavy atom. The van der Waals surface area contributed by atoms with Crippen molar-refractivity contribution in [2.45, 2.75) is 26.9 Å². The van der Waals surface area contributed by atoms with Gasteiger partial charge in [0.25, 0.3) is 0 Å². The SMILES string of the molecule is Cc1[nH]ncc1CNCc1cc(C#N)n(C)c1C. The van der Waals surface area contributed by atoms with Gasteiger partial charge in [-0.05, 0) is 25.5 Å². The summed E-state index contributed by atoms with van der Waals surface area (Å²) >= 11 is 0. The van der Waals surface area contributed by atoms with Crippen molar-refractivity contribution in [3.8, 4) is 6.07 Å². The Morgan fingerprint density at radius 3 is 2.67 bits per heavy atom. The van der Waals surface area contributed by atoms with Gasteiger partial charge in [-0.25, -0.2) is 0 Å². The lowest BCUT2D eigenvalue weighted by Crippen LogP contribution is -2.13. The van der Waals surface area contributed by atoms with Gasteiger partial charge in [-0.2, -0.15) is 10.4 Å². The van der Waals surface area contributed by atoms with Gasteiger partial charge in [0.1, 0.15) is 11.8 Å². The molecule has 0 aliphatic rings. The van der Waals surface area contributed by atoms with E-state index in [0.717, 1.165) is 30.0 Å². The molecule has 18 heavy (non-hydrogen) atoms. The molecule has 0 aromatic carbocycles. The summed E-state index contributed by atoms with van der Waals surface area (Å²) in [5.41, 5.74) is 5.25. The molecule has 2 N–H and O–H groups in total. The van der Waals surface area contributed by atoms with E-state index < -0.39 is 0 Å². The Bertz CT molecular complexity index is 585. The Balaban J connectivity index is 1.99. The molecule has 2 aromatic heterocycles. The number of hydrogen-bond acceptors (Lipinski definition) is 3. The van der Waals surface area contributed by atoms with Gasteiger partial charge in [0.15, 0.2) is 0 Å². The Morgan fingerprint density at radius 2 is 2.11 bits per heavy atom. The summed E-state index contributed by atoms with van der Waals surface area (Å²) in [4.78, 5) is 0. The number of nitrogens with zero attached hydrogens (tertiary/aromatic N) is 3. The van der Waals surface area contributed by atoms with Crippen LogP contribution in [0.5, 0.6) is 0 Å². The first-order valence-electron chi connectivity index (χ1n) is 5.88. The van der Waals surface area contributed by atoms with E-state index in [0.29, 0.717) is 5.69 Å². The maximum Gasteiger partial charge on any atom is 0.120 e. The molecule has 0 amide bonds. The lowest BCUT2D eigenvalue weighted by Gasteiger charge is -2.04. The van der Waals surface area contributed by atoms with E-state index in [9.17, 15) is 0 Å². The van der Waals surface area contributed by atoms with Crippen molar-refractivity contribution in [2.75, 3.05) is 0 Å². The number of aromatic amines is 1. The minimum atomic E-state index is 0.698. The molecule has 5 heteroatoms. The predicted molar refractivity (Wildman–Crippen MR) is 68.7 cm³/mol. The topological polar surface area (TPSA) is 69.4 Å². The molecule has 0 fully saturated rings. The van der Waals surface area contributed by atoms with Crippen LogP contribution >= 0.6 is 0 Å². The summed E-state index contributed by atoms with van der Waals surface area (Å²) in [5.74, 6) is 0. The van der Waals surface area contributed by atoms with Crippen LogP contribution in [-0.2, 0) is 20.1 Å². The van der Waals surface area contributed by atoms with Crippen molar-refractivity contribution < 1.29 is 0 Å². The van der Waals surface area contributed by atoms with Crippen molar-refractivity contribution in [1.29, 1.82) is 5.26 Å². The molecule has 0 spiro atoms. The van der Waals surface area contributed by atoms with Crippen LogP contribution in [-0.4, -0.2) is 14.8 Å². The molecular weight excluding hydrogens is 226 g/mol. The van der Waals surface area contributed by atoms with Gasteiger partial charge < -0.3 is 9.88 Å². The first-order valence-corrected chi connectivity index (χ1v) is 5.88. The van der Waals surface area contributed by atoms with Gasteiger partial charge in [-0.15, -0.1) is 0 Å². The molecule has 0 aliphatic carbocycles. The summed E-state index contributed by atoms with van der Waals surface area (Å²) < 4.78 is 1.92. The maximum atomic E-state index is 8.96. The summed E-state index contributed by atoms with van der Waals surface area (Å²) in [6.45, 7) is 5.57. The standard InChI is InChI=1S/C13H17N5/c1-9-12(8-16-17-9)7-15-6-11-4-13(5-14)18(3)10(11)2/h4,8,15H,6-7H2,1-3H3,(H,16,17). The smallest absolute Gasteiger partial charge is 0.120 e. The minimum absolute atomic E-state index is 0.698. The van der Waals surface area contributed by atoms with Gasteiger partial charge in [0.05, 0.1) is 6.20 Å². The van der Waals surface area contributed by atoms with Crippen LogP contribution in [0.15, 0.2) is 12.3 Å². The molecule has 94 valence electrons. The Hall–Kier alpha value is -2.06. The number of hydrogen-bond donors (Lipinski definition) is 2. The Labute approximate surface area is 106 Å². The number of rotatable bonds is 4. The van der Waals surface area contributed by atoms with E-state index in [2.05, 4.69) is 21.6 Å². The molecule has 0 saturated heterocycles. The summed E-state index contributed by atoms with van der Waals surface area (Å²) in [6.07, 6.45) is 1.83. The molecule has 5 nitrogen and oxygen atoms in total. The number of aryl methyl sites for hydroxylation is 1. The molecule has 0 unspecified atom stereocenters. The second-order valence-corrected chi connectivity index (χ2v) is 4.43. The number of nitriles is 1. The summed E-state index contributed by atoms with van der Waals surface area (Å²) in [5, 5.41) is 19.2. The zero-order chi connectivity index (χ0) is 13.1. The molecule has 0 aliphatic heterocycles. The molecule has 0 bridgehead atoms. The molecule has 0 radical (unpaired) electrons. The van der Waals surface area contributed by atoms with Crippen molar-refractivity contribution in [3.63, 3.8) is 0 Å². The van der Waals surface area contributed by atoms with Crippen LogP contribution < -0.4 is 5.32 Å². The van der Waals surface area contributed by atoms with Crippen LogP contribution in [0.3, 0.4) is 0 Å². The number of nitrogens with one attached hydrogen (secondary N) is 2. The fraction of sp³-hybridized carbons (Fsp3) is 0.385. The molecule has 0 saturated carbocycles. The maximum absolute atomic E-state index is 8.96. The largest absolute Gasteiger partial charge is 0.340 e. The highest BCUT2D eigenvalue weighted by Crippen LogP contribution is 2.13. The van der Waals surface area contributed by atoms with E-state index in [1.165, 1.54) is 5.56 Å². The van der Waals surface area contributed by atoms with E-state index in [1.807, 2.05) is 37.7 Å².